The summed E-state index contributed by atoms with van der Waals surface area (Å²) in [6.45, 7) is 5.84. The van der Waals surface area contributed by atoms with Crippen molar-refractivity contribution in [2.24, 2.45) is 11.8 Å². The minimum absolute atomic E-state index is 0.0104. The molecular formula is C17H22O7. The van der Waals surface area contributed by atoms with Gasteiger partial charge in [0.2, 0.25) is 0 Å². The molecule has 1 heterocycles. The molecule has 1 saturated heterocycles. The zero-order chi connectivity index (χ0) is 17.5. The van der Waals surface area contributed by atoms with Crippen molar-refractivity contribution in [3.05, 3.63) is 24.3 Å². The van der Waals surface area contributed by atoms with E-state index in [-0.39, 0.29) is 31.8 Å². The van der Waals surface area contributed by atoms with E-state index in [4.69, 9.17) is 18.9 Å². The van der Waals surface area contributed by atoms with E-state index in [1.54, 1.807) is 6.08 Å². The SMILES string of the molecule is C=CC(=O)OCCOC(=O)C1=CCCC(C)C1C(=O)OCC1CO1. The van der Waals surface area contributed by atoms with Crippen molar-refractivity contribution in [2.45, 2.75) is 25.9 Å². The molecule has 7 heteroatoms. The van der Waals surface area contributed by atoms with Gasteiger partial charge in [-0.2, -0.15) is 0 Å². The Morgan fingerprint density at radius 1 is 1.29 bits per heavy atom. The van der Waals surface area contributed by atoms with Crippen LogP contribution in [0.3, 0.4) is 0 Å². The lowest BCUT2D eigenvalue weighted by molar-refractivity contribution is -0.153. The molecule has 0 bridgehead atoms. The molecule has 0 aromatic rings. The zero-order valence-electron chi connectivity index (χ0n) is 13.7. The lowest BCUT2D eigenvalue weighted by atomic mass is 9.79. The fraction of sp³-hybridized carbons (Fsp3) is 0.588. The number of carbonyl (C=O) groups excluding carboxylic acids is 3. The summed E-state index contributed by atoms with van der Waals surface area (Å²) in [4.78, 5) is 35.5. The van der Waals surface area contributed by atoms with Crippen molar-refractivity contribution >= 4 is 17.9 Å². The van der Waals surface area contributed by atoms with Crippen molar-refractivity contribution in [3.8, 4) is 0 Å². The second-order valence-electron chi connectivity index (χ2n) is 5.78. The molecule has 0 aromatic heterocycles. The van der Waals surface area contributed by atoms with Crippen LogP contribution in [0, 0.1) is 11.8 Å². The van der Waals surface area contributed by atoms with Crippen LogP contribution in [0.15, 0.2) is 24.3 Å². The maximum absolute atomic E-state index is 12.3. The average Bonchev–Trinajstić information content (AvgIpc) is 3.40. The molecule has 3 atom stereocenters. The molecule has 3 unspecified atom stereocenters. The molecule has 0 spiro atoms. The highest BCUT2D eigenvalue weighted by molar-refractivity contribution is 5.96. The van der Waals surface area contributed by atoms with E-state index in [1.165, 1.54) is 0 Å². The average molecular weight is 338 g/mol. The number of carbonyl (C=O) groups is 3. The van der Waals surface area contributed by atoms with Crippen LogP contribution in [0.2, 0.25) is 0 Å². The smallest absolute Gasteiger partial charge is 0.334 e. The summed E-state index contributed by atoms with van der Waals surface area (Å²) in [5, 5.41) is 0. The van der Waals surface area contributed by atoms with E-state index >= 15 is 0 Å². The molecule has 2 rings (SSSR count). The van der Waals surface area contributed by atoms with Gasteiger partial charge in [0.1, 0.15) is 25.9 Å². The van der Waals surface area contributed by atoms with Gasteiger partial charge in [-0.3, -0.25) is 4.79 Å². The Morgan fingerprint density at radius 2 is 2.00 bits per heavy atom. The van der Waals surface area contributed by atoms with Gasteiger partial charge in [-0.25, -0.2) is 9.59 Å². The quantitative estimate of drug-likeness (QED) is 0.216. The van der Waals surface area contributed by atoms with E-state index in [2.05, 4.69) is 6.58 Å². The standard InChI is InChI=1S/C17H22O7/c1-3-14(18)21-7-8-22-16(19)13-6-4-5-11(2)15(13)17(20)24-10-12-9-23-12/h3,6,11-12,15H,1,4-5,7-10H2,2H3. The summed E-state index contributed by atoms with van der Waals surface area (Å²) >= 11 is 0. The zero-order valence-corrected chi connectivity index (χ0v) is 13.7. The first kappa shape index (κ1) is 18.2. The number of epoxide rings is 1. The minimum atomic E-state index is -0.638. The molecule has 1 fully saturated rings. The molecule has 0 amide bonds. The lowest BCUT2D eigenvalue weighted by Gasteiger charge is -2.27. The monoisotopic (exact) mass is 338 g/mol. The fourth-order valence-electron chi connectivity index (χ4n) is 2.52. The predicted octanol–water partition coefficient (Wildman–Crippen LogP) is 1.17. The molecule has 0 saturated carbocycles. The third-order valence-electron chi connectivity index (χ3n) is 3.92. The number of esters is 3. The van der Waals surface area contributed by atoms with Gasteiger partial charge in [-0.1, -0.05) is 19.6 Å². The van der Waals surface area contributed by atoms with Gasteiger partial charge >= 0.3 is 17.9 Å². The van der Waals surface area contributed by atoms with Gasteiger partial charge in [0, 0.05) is 11.6 Å². The van der Waals surface area contributed by atoms with E-state index < -0.39 is 23.8 Å². The van der Waals surface area contributed by atoms with Crippen LogP contribution >= 0.6 is 0 Å². The Balaban J connectivity index is 1.87. The predicted molar refractivity (Wildman–Crippen MR) is 82.8 cm³/mol. The van der Waals surface area contributed by atoms with Gasteiger partial charge in [0.15, 0.2) is 0 Å². The van der Waals surface area contributed by atoms with Gasteiger partial charge in [0.25, 0.3) is 0 Å². The summed E-state index contributed by atoms with van der Waals surface area (Å²) in [7, 11) is 0. The molecule has 7 nitrogen and oxygen atoms in total. The molecule has 0 radical (unpaired) electrons. The number of ether oxygens (including phenoxy) is 4. The Kier molecular flexibility index (Phi) is 6.54. The van der Waals surface area contributed by atoms with Crippen molar-refractivity contribution in [1.29, 1.82) is 0 Å². The molecule has 2 aliphatic rings. The molecule has 0 aromatic carbocycles. The third-order valence-corrected chi connectivity index (χ3v) is 3.92. The minimum Gasteiger partial charge on any atom is -0.462 e. The van der Waals surface area contributed by atoms with Gasteiger partial charge in [0.05, 0.1) is 12.5 Å². The van der Waals surface area contributed by atoms with Crippen molar-refractivity contribution in [2.75, 3.05) is 26.4 Å². The summed E-state index contributed by atoms with van der Waals surface area (Å²) in [5.74, 6) is -2.25. The molecule has 132 valence electrons. The van der Waals surface area contributed by atoms with Crippen LogP contribution in [-0.2, 0) is 33.3 Å². The Labute approximate surface area is 140 Å². The number of rotatable bonds is 8. The molecule has 1 aliphatic heterocycles. The summed E-state index contributed by atoms with van der Waals surface area (Å²) in [6, 6.07) is 0. The molecule has 24 heavy (non-hydrogen) atoms. The summed E-state index contributed by atoms with van der Waals surface area (Å²) < 4.78 is 20.1. The Hall–Kier alpha value is -2.15. The number of hydrogen-bond acceptors (Lipinski definition) is 7. The highest BCUT2D eigenvalue weighted by Crippen LogP contribution is 2.32. The molecule has 1 aliphatic carbocycles. The first-order valence-electron chi connectivity index (χ1n) is 7.97. The van der Waals surface area contributed by atoms with Gasteiger partial charge in [-0.05, 0) is 18.8 Å². The topological polar surface area (TPSA) is 91.4 Å². The van der Waals surface area contributed by atoms with Crippen LogP contribution in [0.5, 0.6) is 0 Å². The second-order valence-corrected chi connectivity index (χ2v) is 5.78. The number of hydrogen-bond donors (Lipinski definition) is 0. The highest BCUT2D eigenvalue weighted by Gasteiger charge is 2.37. The van der Waals surface area contributed by atoms with Crippen LogP contribution in [0.25, 0.3) is 0 Å². The van der Waals surface area contributed by atoms with Crippen molar-refractivity contribution in [1.82, 2.24) is 0 Å². The van der Waals surface area contributed by atoms with E-state index in [1.807, 2.05) is 6.92 Å². The first-order valence-corrected chi connectivity index (χ1v) is 7.97. The first-order chi connectivity index (χ1) is 11.5. The van der Waals surface area contributed by atoms with E-state index in [0.717, 1.165) is 12.5 Å². The Bertz CT molecular complexity index is 533. The normalized spacial score (nSPS) is 25.2. The maximum Gasteiger partial charge on any atom is 0.334 e. The van der Waals surface area contributed by atoms with Crippen molar-refractivity contribution < 1.29 is 33.3 Å². The second kappa shape index (κ2) is 8.63. The van der Waals surface area contributed by atoms with Crippen LogP contribution in [0.1, 0.15) is 19.8 Å². The van der Waals surface area contributed by atoms with E-state index in [9.17, 15) is 14.4 Å². The van der Waals surface area contributed by atoms with Crippen LogP contribution in [0.4, 0.5) is 0 Å². The van der Waals surface area contributed by atoms with Crippen molar-refractivity contribution in [3.63, 3.8) is 0 Å². The molecular weight excluding hydrogens is 316 g/mol. The highest BCUT2D eigenvalue weighted by atomic mass is 16.6. The van der Waals surface area contributed by atoms with E-state index in [0.29, 0.717) is 18.6 Å². The van der Waals surface area contributed by atoms with Crippen LogP contribution < -0.4 is 0 Å². The third kappa shape index (κ3) is 5.19. The lowest BCUT2D eigenvalue weighted by Crippen LogP contribution is -2.33. The largest absolute Gasteiger partial charge is 0.462 e. The summed E-state index contributed by atoms with van der Waals surface area (Å²) in [5.41, 5.74) is 0.311. The van der Waals surface area contributed by atoms with Gasteiger partial charge in [-0.15, -0.1) is 0 Å². The summed E-state index contributed by atoms with van der Waals surface area (Å²) in [6.07, 6.45) is 4.23. The molecule has 0 N–H and O–H groups in total. The Morgan fingerprint density at radius 3 is 2.67 bits per heavy atom. The number of allylic oxidation sites excluding steroid dienone is 1. The maximum atomic E-state index is 12.3. The fourth-order valence-corrected chi connectivity index (χ4v) is 2.52. The van der Waals surface area contributed by atoms with Gasteiger partial charge < -0.3 is 18.9 Å². The van der Waals surface area contributed by atoms with Crippen LogP contribution in [-0.4, -0.2) is 50.4 Å².